The smallest absolute Gasteiger partial charge is 0.0944 e. The lowest BCUT2D eigenvalue weighted by Gasteiger charge is -1.97. The van der Waals surface area contributed by atoms with Gasteiger partial charge in [0.25, 0.3) is 0 Å². The zero-order valence-electron chi connectivity index (χ0n) is 7.33. The van der Waals surface area contributed by atoms with Crippen LogP contribution in [0.5, 0.6) is 0 Å². The Morgan fingerprint density at radius 2 is 2.08 bits per heavy atom. The average Bonchev–Trinajstić information content (AvgIpc) is 2.09. The highest BCUT2D eigenvalue weighted by Gasteiger charge is 1.92. The van der Waals surface area contributed by atoms with Gasteiger partial charge in [-0.2, -0.15) is 5.26 Å². The topological polar surface area (TPSA) is 23.8 Å². The van der Waals surface area contributed by atoms with Crippen LogP contribution in [0.25, 0.3) is 6.08 Å². The number of allylic oxidation sites excluding steroid dienone is 1. The summed E-state index contributed by atoms with van der Waals surface area (Å²) < 4.78 is 0. The standard InChI is InChI=1S/C11H11N/c1-9(8-12)7-11-6-4-3-5-10(11)2/h3-7H,1-2H3. The molecule has 0 heterocycles. The van der Waals surface area contributed by atoms with Crippen LogP contribution in [0, 0.1) is 18.3 Å². The molecule has 0 aliphatic rings. The predicted octanol–water partition coefficient (Wildman–Crippen LogP) is 2.92. The average molecular weight is 157 g/mol. The minimum atomic E-state index is 0.740. The van der Waals surface area contributed by atoms with Crippen LogP contribution < -0.4 is 0 Å². The fraction of sp³-hybridized carbons (Fsp3) is 0.182. The Hall–Kier alpha value is -1.55. The molecule has 0 aliphatic heterocycles. The number of hydrogen-bond acceptors (Lipinski definition) is 1. The van der Waals surface area contributed by atoms with Crippen molar-refractivity contribution in [1.29, 1.82) is 5.26 Å². The lowest BCUT2D eigenvalue weighted by atomic mass is 10.1. The number of hydrogen-bond donors (Lipinski definition) is 0. The lowest BCUT2D eigenvalue weighted by Crippen LogP contribution is -1.79. The van der Waals surface area contributed by atoms with E-state index in [1.54, 1.807) is 0 Å². The van der Waals surface area contributed by atoms with Crippen molar-refractivity contribution in [2.45, 2.75) is 13.8 Å². The number of rotatable bonds is 1. The summed E-state index contributed by atoms with van der Waals surface area (Å²) in [5.74, 6) is 0. The molecule has 0 unspecified atom stereocenters. The number of aryl methyl sites for hydroxylation is 1. The van der Waals surface area contributed by atoms with Gasteiger partial charge in [0.2, 0.25) is 0 Å². The minimum Gasteiger partial charge on any atom is -0.193 e. The monoisotopic (exact) mass is 157 g/mol. The second kappa shape index (κ2) is 3.73. The van der Waals surface area contributed by atoms with Gasteiger partial charge in [0, 0.05) is 5.57 Å². The van der Waals surface area contributed by atoms with Gasteiger partial charge in [-0.05, 0) is 31.1 Å². The molecule has 0 spiro atoms. The summed E-state index contributed by atoms with van der Waals surface area (Å²) >= 11 is 0. The van der Waals surface area contributed by atoms with Crippen molar-refractivity contribution in [1.82, 2.24) is 0 Å². The largest absolute Gasteiger partial charge is 0.193 e. The number of nitriles is 1. The second-order valence-electron chi connectivity index (χ2n) is 2.80. The molecule has 0 aliphatic carbocycles. The van der Waals surface area contributed by atoms with Crippen molar-refractivity contribution in [3.63, 3.8) is 0 Å². The summed E-state index contributed by atoms with van der Waals surface area (Å²) in [4.78, 5) is 0. The first-order chi connectivity index (χ1) is 5.74. The first-order valence-electron chi connectivity index (χ1n) is 3.88. The molecule has 1 rings (SSSR count). The fourth-order valence-electron chi connectivity index (χ4n) is 1.01. The number of nitrogens with zero attached hydrogens (tertiary/aromatic N) is 1. The SMILES string of the molecule is CC(C#N)=Cc1ccccc1C. The van der Waals surface area contributed by atoms with Gasteiger partial charge < -0.3 is 0 Å². The van der Waals surface area contributed by atoms with Gasteiger partial charge in [-0.3, -0.25) is 0 Å². The molecule has 0 bridgehead atoms. The van der Waals surface area contributed by atoms with E-state index in [1.807, 2.05) is 44.2 Å². The van der Waals surface area contributed by atoms with Gasteiger partial charge in [-0.25, -0.2) is 0 Å². The van der Waals surface area contributed by atoms with Crippen molar-refractivity contribution < 1.29 is 0 Å². The quantitative estimate of drug-likeness (QED) is 0.575. The molecular formula is C11H11N. The number of benzene rings is 1. The fourth-order valence-corrected chi connectivity index (χ4v) is 1.01. The predicted molar refractivity (Wildman–Crippen MR) is 50.4 cm³/mol. The third-order valence-corrected chi connectivity index (χ3v) is 1.74. The molecular weight excluding hydrogens is 146 g/mol. The Kier molecular flexibility index (Phi) is 2.66. The Morgan fingerprint density at radius 1 is 1.42 bits per heavy atom. The first kappa shape index (κ1) is 8.55. The van der Waals surface area contributed by atoms with E-state index in [2.05, 4.69) is 6.07 Å². The maximum atomic E-state index is 8.57. The van der Waals surface area contributed by atoms with Crippen LogP contribution in [0.4, 0.5) is 0 Å². The van der Waals surface area contributed by atoms with Gasteiger partial charge in [0.1, 0.15) is 0 Å². The molecule has 0 atom stereocenters. The van der Waals surface area contributed by atoms with E-state index in [0.717, 1.165) is 11.1 Å². The summed E-state index contributed by atoms with van der Waals surface area (Å²) in [6.45, 7) is 3.85. The van der Waals surface area contributed by atoms with Crippen LogP contribution in [0.2, 0.25) is 0 Å². The molecule has 0 N–H and O–H groups in total. The van der Waals surface area contributed by atoms with Crippen molar-refractivity contribution in [2.75, 3.05) is 0 Å². The van der Waals surface area contributed by atoms with E-state index < -0.39 is 0 Å². The van der Waals surface area contributed by atoms with E-state index in [0.29, 0.717) is 0 Å². The Labute approximate surface area is 73.0 Å². The molecule has 60 valence electrons. The zero-order chi connectivity index (χ0) is 8.97. The Bertz CT molecular complexity index is 342. The molecule has 0 saturated heterocycles. The molecule has 1 nitrogen and oxygen atoms in total. The lowest BCUT2D eigenvalue weighted by molar-refractivity contribution is 1.42. The van der Waals surface area contributed by atoms with Crippen LogP contribution in [0.15, 0.2) is 29.8 Å². The van der Waals surface area contributed by atoms with Crippen molar-refractivity contribution >= 4 is 6.08 Å². The van der Waals surface area contributed by atoms with Crippen LogP contribution in [0.3, 0.4) is 0 Å². The highest BCUT2D eigenvalue weighted by molar-refractivity contribution is 5.58. The Balaban J connectivity index is 3.06. The van der Waals surface area contributed by atoms with Crippen LogP contribution in [-0.2, 0) is 0 Å². The molecule has 1 aromatic carbocycles. The van der Waals surface area contributed by atoms with E-state index in [1.165, 1.54) is 5.56 Å². The summed E-state index contributed by atoms with van der Waals surface area (Å²) in [5, 5.41) is 8.57. The Morgan fingerprint density at radius 3 is 2.67 bits per heavy atom. The summed E-state index contributed by atoms with van der Waals surface area (Å²) in [6.07, 6.45) is 1.90. The van der Waals surface area contributed by atoms with E-state index in [4.69, 9.17) is 5.26 Å². The third kappa shape index (κ3) is 1.96. The maximum absolute atomic E-state index is 8.57. The molecule has 12 heavy (non-hydrogen) atoms. The maximum Gasteiger partial charge on any atom is 0.0944 e. The highest BCUT2D eigenvalue weighted by atomic mass is 14.2. The normalized spacial score (nSPS) is 10.9. The summed E-state index contributed by atoms with van der Waals surface area (Å²) in [6, 6.07) is 10.1. The van der Waals surface area contributed by atoms with Gasteiger partial charge in [-0.15, -0.1) is 0 Å². The molecule has 0 amide bonds. The van der Waals surface area contributed by atoms with Crippen molar-refractivity contribution in [3.05, 3.63) is 41.0 Å². The van der Waals surface area contributed by atoms with Crippen LogP contribution in [-0.4, -0.2) is 0 Å². The molecule has 0 saturated carbocycles. The van der Waals surface area contributed by atoms with Crippen molar-refractivity contribution in [2.24, 2.45) is 0 Å². The van der Waals surface area contributed by atoms with E-state index >= 15 is 0 Å². The first-order valence-corrected chi connectivity index (χ1v) is 3.88. The zero-order valence-corrected chi connectivity index (χ0v) is 7.33. The van der Waals surface area contributed by atoms with Crippen LogP contribution >= 0.6 is 0 Å². The minimum absolute atomic E-state index is 0.740. The van der Waals surface area contributed by atoms with Gasteiger partial charge in [0.05, 0.1) is 6.07 Å². The molecule has 0 radical (unpaired) electrons. The van der Waals surface area contributed by atoms with Gasteiger partial charge in [0.15, 0.2) is 0 Å². The summed E-state index contributed by atoms with van der Waals surface area (Å²) in [7, 11) is 0. The third-order valence-electron chi connectivity index (χ3n) is 1.74. The van der Waals surface area contributed by atoms with Crippen LogP contribution in [0.1, 0.15) is 18.1 Å². The van der Waals surface area contributed by atoms with E-state index in [9.17, 15) is 0 Å². The second-order valence-corrected chi connectivity index (χ2v) is 2.80. The van der Waals surface area contributed by atoms with Gasteiger partial charge >= 0.3 is 0 Å². The highest BCUT2D eigenvalue weighted by Crippen LogP contribution is 2.10. The van der Waals surface area contributed by atoms with Gasteiger partial charge in [-0.1, -0.05) is 24.3 Å². The molecule has 0 fully saturated rings. The molecule has 1 aromatic rings. The molecule has 0 aromatic heterocycles. The van der Waals surface area contributed by atoms with Crippen molar-refractivity contribution in [3.8, 4) is 6.07 Å². The van der Waals surface area contributed by atoms with E-state index in [-0.39, 0.29) is 0 Å². The molecule has 1 heteroatoms. The summed E-state index contributed by atoms with van der Waals surface area (Å²) in [5.41, 5.74) is 3.06.